The molecule has 4 N–H and O–H groups in total. The van der Waals surface area contributed by atoms with Crippen LogP contribution < -0.4 is 11.1 Å². The fourth-order valence-electron chi connectivity index (χ4n) is 4.23. The largest absolute Gasteiger partial charge is 0.465 e. The first-order chi connectivity index (χ1) is 11.1. The van der Waals surface area contributed by atoms with Crippen molar-refractivity contribution in [3.05, 3.63) is 11.8 Å². The van der Waals surface area contributed by atoms with Crippen LogP contribution in [0.25, 0.3) is 0 Å². The topological polar surface area (TPSA) is 104 Å². The van der Waals surface area contributed by atoms with Crippen molar-refractivity contribution in [1.82, 2.24) is 14.9 Å². The molecule has 1 amide bonds. The van der Waals surface area contributed by atoms with E-state index in [9.17, 15) is 4.79 Å². The molecule has 124 valence electrons. The van der Waals surface area contributed by atoms with Crippen molar-refractivity contribution in [2.75, 3.05) is 24.1 Å². The van der Waals surface area contributed by atoms with E-state index in [2.05, 4.69) is 15.3 Å². The molecule has 0 aromatic carbocycles. The summed E-state index contributed by atoms with van der Waals surface area (Å²) in [4.78, 5) is 21.2. The normalized spacial score (nSPS) is 30.1. The van der Waals surface area contributed by atoms with Gasteiger partial charge in [0.15, 0.2) is 0 Å². The third-order valence-electron chi connectivity index (χ3n) is 5.57. The number of nitrogen functional groups attached to an aromatic ring is 1. The van der Waals surface area contributed by atoms with Gasteiger partial charge in [-0.3, -0.25) is 0 Å². The Balaban J connectivity index is 1.42. The van der Waals surface area contributed by atoms with E-state index in [1.165, 1.54) is 37.0 Å². The number of piperidine rings is 1. The summed E-state index contributed by atoms with van der Waals surface area (Å²) in [5.41, 5.74) is 6.95. The number of nitrogens with zero attached hydrogens (tertiary/aromatic N) is 3. The van der Waals surface area contributed by atoms with E-state index >= 15 is 0 Å². The van der Waals surface area contributed by atoms with E-state index < -0.39 is 6.09 Å². The second-order valence-corrected chi connectivity index (χ2v) is 7.06. The maximum atomic E-state index is 11.0. The number of nitrogens with two attached hydrogens (primary N) is 1. The van der Waals surface area contributed by atoms with E-state index in [0.717, 1.165) is 11.5 Å². The molecule has 0 bridgehead atoms. The molecule has 1 aromatic heterocycles. The standard InChI is InChI=1S/C16H23N5O2/c17-15-18-12(9-4-2-1-3-5-9)6-13(20-15)19-14-10-7-21(16(22)23)8-11(10)14/h6,9-11,14H,1-5,7-8H2,(H,22,23)(H3,17,18,19,20)/t10-,11+,14-. The Morgan fingerprint density at radius 1 is 1.22 bits per heavy atom. The molecule has 0 spiro atoms. The molecular weight excluding hydrogens is 294 g/mol. The molecule has 7 nitrogen and oxygen atoms in total. The number of anilines is 2. The van der Waals surface area contributed by atoms with Gasteiger partial charge in [0, 0.05) is 43.0 Å². The van der Waals surface area contributed by atoms with E-state index in [0.29, 0.717) is 42.8 Å². The zero-order chi connectivity index (χ0) is 16.0. The van der Waals surface area contributed by atoms with Crippen LogP contribution in [0.5, 0.6) is 0 Å². The Labute approximate surface area is 135 Å². The Hall–Kier alpha value is -2.05. The quantitative estimate of drug-likeness (QED) is 0.789. The van der Waals surface area contributed by atoms with Crippen molar-refractivity contribution < 1.29 is 9.90 Å². The molecule has 3 fully saturated rings. The summed E-state index contributed by atoms with van der Waals surface area (Å²) in [6.45, 7) is 1.24. The molecule has 7 heteroatoms. The van der Waals surface area contributed by atoms with Crippen LogP contribution in [0.15, 0.2) is 6.07 Å². The Bertz CT molecular complexity index is 604. The number of likely N-dealkylation sites (tertiary alicyclic amines) is 1. The first-order valence-electron chi connectivity index (χ1n) is 8.50. The number of amides is 1. The lowest BCUT2D eigenvalue weighted by Crippen LogP contribution is -2.32. The van der Waals surface area contributed by atoms with Gasteiger partial charge in [0.05, 0.1) is 5.69 Å². The predicted octanol–water partition coefficient (Wildman–Crippen LogP) is 2.13. The van der Waals surface area contributed by atoms with E-state index in [1.54, 1.807) is 0 Å². The average molecular weight is 317 g/mol. The predicted molar refractivity (Wildman–Crippen MR) is 86.3 cm³/mol. The molecule has 1 saturated heterocycles. The minimum Gasteiger partial charge on any atom is -0.465 e. The van der Waals surface area contributed by atoms with E-state index in [1.807, 2.05) is 6.07 Å². The third kappa shape index (κ3) is 2.80. The SMILES string of the molecule is Nc1nc(N[C@@H]2[C@@H]3CN(C(=O)O)C[C@@H]32)cc(C2CCCCC2)n1. The Morgan fingerprint density at radius 3 is 2.57 bits per heavy atom. The van der Waals surface area contributed by atoms with Gasteiger partial charge < -0.3 is 21.1 Å². The van der Waals surface area contributed by atoms with Crippen LogP contribution >= 0.6 is 0 Å². The number of carbonyl (C=O) groups is 1. The third-order valence-corrected chi connectivity index (χ3v) is 5.57. The minimum absolute atomic E-state index is 0.319. The Morgan fingerprint density at radius 2 is 1.91 bits per heavy atom. The van der Waals surface area contributed by atoms with Crippen molar-refractivity contribution >= 4 is 17.9 Å². The molecule has 2 aliphatic carbocycles. The van der Waals surface area contributed by atoms with Gasteiger partial charge in [0.2, 0.25) is 5.95 Å². The average Bonchev–Trinajstić information content (AvgIpc) is 2.97. The maximum Gasteiger partial charge on any atom is 0.407 e. The van der Waals surface area contributed by atoms with Crippen LogP contribution in [0.3, 0.4) is 0 Å². The van der Waals surface area contributed by atoms with Crippen molar-refractivity contribution in [2.45, 2.75) is 44.1 Å². The van der Waals surface area contributed by atoms with Crippen LogP contribution in [0, 0.1) is 11.8 Å². The Kier molecular flexibility index (Phi) is 3.50. The maximum absolute atomic E-state index is 11.0. The molecule has 3 atom stereocenters. The molecule has 1 aliphatic heterocycles. The molecule has 4 rings (SSSR count). The highest BCUT2D eigenvalue weighted by Crippen LogP contribution is 2.47. The summed E-state index contributed by atoms with van der Waals surface area (Å²) < 4.78 is 0. The summed E-state index contributed by atoms with van der Waals surface area (Å²) in [7, 11) is 0. The highest BCUT2D eigenvalue weighted by atomic mass is 16.4. The number of carboxylic acid groups (broad SMARTS) is 1. The highest BCUT2D eigenvalue weighted by Gasteiger charge is 2.57. The van der Waals surface area contributed by atoms with Gasteiger partial charge in [-0.15, -0.1) is 0 Å². The van der Waals surface area contributed by atoms with Crippen LogP contribution in [0.4, 0.5) is 16.6 Å². The highest BCUT2D eigenvalue weighted by molar-refractivity contribution is 5.66. The summed E-state index contributed by atoms with van der Waals surface area (Å²) in [6, 6.07) is 2.36. The van der Waals surface area contributed by atoms with Crippen molar-refractivity contribution in [1.29, 1.82) is 0 Å². The monoisotopic (exact) mass is 317 g/mol. The summed E-state index contributed by atoms with van der Waals surface area (Å²) in [5.74, 6) is 2.42. The molecule has 0 unspecified atom stereocenters. The number of hydrogen-bond donors (Lipinski definition) is 3. The van der Waals surface area contributed by atoms with Gasteiger partial charge in [0.1, 0.15) is 5.82 Å². The van der Waals surface area contributed by atoms with Gasteiger partial charge in [-0.05, 0) is 12.8 Å². The van der Waals surface area contributed by atoms with Gasteiger partial charge >= 0.3 is 6.09 Å². The summed E-state index contributed by atoms with van der Waals surface area (Å²) in [5, 5.41) is 12.5. The zero-order valence-corrected chi connectivity index (χ0v) is 13.1. The zero-order valence-electron chi connectivity index (χ0n) is 13.1. The number of hydrogen-bond acceptors (Lipinski definition) is 5. The van der Waals surface area contributed by atoms with Crippen molar-refractivity contribution in [2.24, 2.45) is 11.8 Å². The molecule has 1 aromatic rings. The van der Waals surface area contributed by atoms with Crippen LogP contribution in [-0.2, 0) is 0 Å². The van der Waals surface area contributed by atoms with Crippen LogP contribution in [-0.4, -0.2) is 45.2 Å². The fourth-order valence-corrected chi connectivity index (χ4v) is 4.23. The number of aromatic nitrogens is 2. The number of nitrogens with one attached hydrogen (secondary N) is 1. The molecule has 3 aliphatic rings. The molecule has 2 heterocycles. The summed E-state index contributed by atoms with van der Waals surface area (Å²) >= 11 is 0. The van der Waals surface area contributed by atoms with E-state index in [4.69, 9.17) is 10.8 Å². The van der Waals surface area contributed by atoms with Gasteiger partial charge in [-0.1, -0.05) is 19.3 Å². The van der Waals surface area contributed by atoms with Crippen molar-refractivity contribution in [3.8, 4) is 0 Å². The lowest BCUT2D eigenvalue weighted by Gasteiger charge is -2.22. The summed E-state index contributed by atoms with van der Waals surface area (Å²) in [6.07, 6.45) is 5.37. The second-order valence-electron chi connectivity index (χ2n) is 7.06. The molecular formula is C16H23N5O2. The first kappa shape index (κ1) is 14.5. The molecule has 2 saturated carbocycles. The van der Waals surface area contributed by atoms with Crippen molar-refractivity contribution in [3.63, 3.8) is 0 Å². The lowest BCUT2D eigenvalue weighted by molar-refractivity contribution is 0.150. The number of fused-ring (bicyclic) bond motifs is 1. The van der Waals surface area contributed by atoms with Gasteiger partial charge in [-0.25, -0.2) is 9.78 Å². The van der Waals surface area contributed by atoms with E-state index in [-0.39, 0.29) is 0 Å². The van der Waals surface area contributed by atoms with Gasteiger partial charge in [0.25, 0.3) is 0 Å². The first-order valence-corrected chi connectivity index (χ1v) is 8.50. The minimum atomic E-state index is -0.818. The lowest BCUT2D eigenvalue weighted by atomic mass is 9.87. The van der Waals surface area contributed by atoms with Crippen LogP contribution in [0.2, 0.25) is 0 Å². The van der Waals surface area contributed by atoms with Gasteiger partial charge in [-0.2, -0.15) is 4.98 Å². The number of rotatable bonds is 3. The van der Waals surface area contributed by atoms with Crippen LogP contribution in [0.1, 0.15) is 43.7 Å². The molecule has 23 heavy (non-hydrogen) atoms. The second kappa shape index (κ2) is 5.54. The fraction of sp³-hybridized carbons (Fsp3) is 0.688. The molecule has 0 radical (unpaired) electrons. The smallest absolute Gasteiger partial charge is 0.407 e.